The van der Waals surface area contributed by atoms with E-state index in [0.29, 0.717) is 17.9 Å². The maximum Gasteiger partial charge on any atom is 0.323 e. The molecular weight excluding hydrogens is 363 g/mol. The smallest absolute Gasteiger partial charge is 0.323 e. The lowest BCUT2D eigenvalue weighted by Crippen LogP contribution is -2.36. The predicted octanol–water partition coefficient (Wildman–Crippen LogP) is 3.25. The normalized spacial score (nSPS) is 15.1. The van der Waals surface area contributed by atoms with Crippen molar-refractivity contribution in [3.63, 3.8) is 0 Å². The molecule has 1 aromatic heterocycles. The molecule has 1 saturated heterocycles. The van der Waals surface area contributed by atoms with Gasteiger partial charge in [0.25, 0.3) is 0 Å². The Hall–Kier alpha value is -3.00. The number of methoxy groups -OCH3 is 1. The van der Waals surface area contributed by atoms with Gasteiger partial charge in [0.2, 0.25) is 0 Å². The lowest BCUT2D eigenvalue weighted by atomic mass is 9.96. The molecule has 1 aliphatic rings. The number of likely N-dealkylation sites (tertiary alicyclic amines) is 1. The highest BCUT2D eigenvalue weighted by Gasteiger charge is 2.25. The van der Waals surface area contributed by atoms with Crippen LogP contribution in [0, 0.1) is 11.7 Å². The molecule has 3 rings (SSSR count). The van der Waals surface area contributed by atoms with Gasteiger partial charge in [0.05, 0.1) is 24.9 Å². The number of carbonyl (C=O) groups is 2. The first-order valence-corrected chi connectivity index (χ1v) is 9.11. The maximum absolute atomic E-state index is 14.0. The summed E-state index contributed by atoms with van der Waals surface area (Å²) in [5.41, 5.74) is 1.68. The molecule has 2 N–H and O–H groups in total. The number of urea groups is 1. The third kappa shape index (κ3) is 5.50. The number of carbonyl (C=O) groups excluding carboxylic acids is 2. The second-order valence-electron chi connectivity index (χ2n) is 6.74. The molecule has 148 valence electrons. The van der Waals surface area contributed by atoms with Gasteiger partial charge in [0.15, 0.2) is 0 Å². The highest BCUT2D eigenvalue weighted by Crippen LogP contribution is 2.22. The zero-order chi connectivity index (χ0) is 19.9. The summed E-state index contributed by atoms with van der Waals surface area (Å²) >= 11 is 0. The highest BCUT2D eigenvalue weighted by molar-refractivity contribution is 5.99. The van der Waals surface area contributed by atoms with Crippen LogP contribution in [0.2, 0.25) is 0 Å². The summed E-state index contributed by atoms with van der Waals surface area (Å²) in [5, 5.41) is 5.28. The van der Waals surface area contributed by atoms with Crippen LogP contribution >= 0.6 is 0 Å². The second kappa shape index (κ2) is 9.27. The number of amides is 2. The van der Waals surface area contributed by atoms with E-state index in [0.717, 1.165) is 31.5 Å². The monoisotopic (exact) mass is 386 g/mol. The highest BCUT2D eigenvalue weighted by atomic mass is 19.1. The zero-order valence-corrected chi connectivity index (χ0v) is 15.7. The van der Waals surface area contributed by atoms with Crippen LogP contribution in [0.5, 0.6) is 0 Å². The molecule has 28 heavy (non-hydrogen) atoms. The minimum atomic E-state index is -0.469. The molecule has 0 unspecified atom stereocenters. The number of ether oxygens (including phenoxy) is 1. The molecule has 1 aliphatic heterocycles. The number of halogens is 1. The molecule has 7 nitrogen and oxygen atoms in total. The summed E-state index contributed by atoms with van der Waals surface area (Å²) in [6, 6.07) is 7.43. The van der Waals surface area contributed by atoms with Crippen molar-refractivity contribution in [3.8, 4) is 0 Å². The molecule has 0 bridgehead atoms. The standard InChI is InChI=1S/C20H23FN4O3/c1-28-19(26)15-4-7-25(8-5-15)13-14-9-16(21)11-18(10-14)24-20(27)23-17-3-2-6-22-12-17/h2-3,6,9-12,15H,4-5,7-8,13H2,1H3,(H2,23,24,27). The van der Waals surface area contributed by atoms with E-state index >= 15 is 0 Å². The fraction of sp³-hybridized carbons (Fsp3) is 0.350. The summed E-state index contributed by atoms with van der Waals surface area (Å²) in [7, 11) is 1.40. The Morgan fingerprint density at radius 2 is 1.96 bits per heavy atom. The van der Waals surface area contributed by atoms with Crippen molar-refractivity contribution < 1.29 is 18.7 Å². The number of anilines is 2. The Kier molecular flexibility index (Phi) is 6.54. The Morgan fingerprint density at radius 3 is 2.64 bits per heavy atom. The van der Waals surface area contributed by atoms with Crippen LogP contribution in [-0.2, 0) is 16.1 Å². The van der Waals surface area contributed by atoms with E-state index in [2.05, 4.69) is 20.5 Å². The van der Waals surface area contributed by atoms with E-state index in [9.17, 15) is 14.0 Å². The molecule has 0 radical (unpaired) electrons. The van der Waals surface area contributed by atoms with Crippen LogP contribution < -0.4 is 10.6 Å². The number of benzene rings is 1. The fourth-order valence-electron chi connectivity index (χ4n) is 3.30. The van der Waals surface area contributed by atoms with Gasteiger partial charge in [0.1, 0.15) is 5.82 Å². The van der Waals surface area contributed by atoms with Crippen molar-refractivity contribution in [1.29, 1.82) is 0 Å². The number of rotatable bonds is 5. The molecule has 1 fully saturated rings. The number of esters is 1. The van der Waals surface area contributed by atoms with Crippen LogP contribution in [0.1, 0.15) is 18.4 Å². The largest absolute Gasteiger partial charge is 0.469 e. The van der Waals surface area contributed by atoms with Crippen molar-refractivity contribution in [2.75, 3.05) is 30.8 Å². The van der Waals surface area contributed by atoms with E-state index in [1.54, 1.807) is 24.4 Å². The molecule has 2 heterocycles. The van der Waals surface area contributed by atoms with Crippen molar-refractivity contribution in [2.24, 2.45) is 5.92 Å². The molecular formula is C20H23FN4O3. The molecule has 0 spiro atoms. The van der Waals surface area contributed by atoms with Gasteiger partial charge in [0, 0.05) is 18.4 Å². The minimum Gasteiger partial charge on any atom is -0.469 e. The molecule has 2 amide bonds. The van der Waals surface area contributed by atoms with Crippen molar-refractivity contribution >= 4 is 23.4 Å². The SMILES string of the molecule is COC(=O)C1CCN(Cc2cc(F)cc(NC(=O)Nc3cccnc3)c2)CC1. The zero-order valence-electron chi connectivity index (χ0n) is 15.7. The van der Waals surface area contributed by atoms with Gasteiger partial charge >= 0.3 is 12.0 Å². The van der Waals surface area contributed by atoms with Gasteiger partial charge in [-0.1, -0.05) is 0 Å². The average molecular weight is 386 g/mol. The first kappa shape index (κ1) is 19.8. The van der Waals surface area contributed by atoms with E-state index in [-0.39, 0.29) is 11.9 Å². The Balaban J connectivity index is 1.57. The van der Waals surface area contributed by atoms with Crippen LogP contribution in [0.4, 0.5) is 20.6 Å². The predicted molar refractivity (Wildman–Crippen MR) is 103 cm³/mol. The molecule has 0 aliphatic carbocycles. The molecule has 0 atom stereocenters. The third-order valence-electron chi connectivity index (χ3n) is 4.66. The first-order valence-electron chi connectivity index (χ1n) is 9.11. The van der Waals surface area contributed by atoms with Crippen molar-refractivity contribution in [1.82, 2.24) is 9.88 Å². The lowest BCUT2D eigenvalue weighted by molar-refractivity contribution is -0.147. The van der Waals surface area contributed by atoms with Crippen LogP contribution in [0.15, 0.2) is 42.7 Å². The number of piperidine rings is 1. The molecule has 8 heteroatoms. The van der Waals surface area contributed by atoms with Crippen LogP contribution in [0.3, 0.4) is 0 Å². The van der Waals surface area contributed by atoms with Crippen molar-refractivity contribution in [2.45, 2.75) is 19.4 Å². The quantitative estimate of drug-likeness (QED) is 0.771. The second-order valence-corrected chi connectivity index (χ2v) is 6.74. The number of nitrogens with zero attached hydrogens (tertiary/aromatic N) is 2. The van der Waals surface area contributed by atoms with E-state index in [4.69, 9.17) is 4.74 Å². The van der Waals surface area contributed by atoms with Gasteiger partial charge in [-0.15, -0.1) is 0 Å². The van der Waals surface area contributed by atoms with Gasteiger partial charge in [-0.05, 0) is 61.8 Å². The van der Waals surface area contributed by atoms with Gasteiger partial charge in [-0.3, -0.25) is 14.7 Å². The molecule has 1 aromatic carbocycles. The number of aromatic nitrogens is 1. The van der Waals surface area contributed by atoms with E-state index < -0.39 is 11.8 Å². The topological polar surface area (TPSA) is 83.6 Å². The van der Waals surface area contributed by atoms with E-state index in [1.807, 2.05) is 0 Å². The van der Waals surface area contributed by atoms with Gasteiger partial charge in [-0.25, -0.2) is 9.18 Å². The average Bonchev–Trinajstić information content (AvgIpc) is 2.68. The van der Waals surface area contributed by atoms with Crippen LogP contribution in [-0.4, -0.2) is 42.1 Å². The number of pyridine rings is 1. The summed E-state index contributed by atoms with van der Waals surface area (Å²) in [5.74, 6) is -0.655. The first-order chi connectivity index (χ1) is 13.5. The van der Waals surface area contributed by atoms with Gasteiger partial charge in [-0.2, -0.15) is 0 Å². The molecule has 2 aromatic rings. The number of hydrogen-bond acceptors (Lipinski definition) is 5. The Morgan fingerprint density at radius 1 is 1.21 bits per heavy atom. The fourth-order valence-corrected chi connectivity index (χ4v) is 3.30. The Labute approximate surface area is 162 Å². The van der Waals surface area contributed by atoms with Crippen LogP contribution in [0.25, 0.3) is 0 Å². The summed E-state index contributed by atoms with van der Waals surface area (Å²) in [4.78, 5) is 29.8. The minimum absolute atomic E-state index is 0.0674. The summed E-state index contributed by atoms with van der Waals surface area (Å²) in [6.45, 7) is 2.02. The lowest BCUT2D eigenvalue weighted by Gasteiger charge is -2.30. The Bertz CT molecular complexity index is 823. The third-order valence-corrected chi connectivity index (χ3v) is 4.66. The summed E-state index contributed by atoms with van der Waals surface area (Å²) < 4.78 is 18.8. The van der Waals surface area contributed by atoms with Crippen molar-refractivity contribution in [3.05, 3.63) is 54.1 Å². The number of hydrogen-bond donors (Lipinski definition) is 2. The molecule has 0 saturated carbocycles. The van der Waals surface area contributed by atoms with E-state index in [1.165, 1.54) is 25.4 Å². The summed E-state index contributed by atoms with van der Waals surface area (Å²) in [6.07, 6.45) is 4.58. The van der Waals surface area contributed by atoms with Gasteiger partial charge < -0.3 is 15.4 Å². The number of nitrogens with one attached hydrogen (secondary N) is 2. The maximum atomic E-state index is 14.0.